The molecule has 92 valence electrons. The zero-order valence-corrected chi connectivity index (χ0v) is 10.3. The van der Waals surface area contributed by atoms with E-state index in [1.54, 1.807) is 12.1 Å². The number of aromatic amines is 2. The van der Waals surface area contributed by atoms with E-state index in [1.807, 2.05) is 19.1 Å². The third kappa shape index (κ3) is 2.10. The van der Waals surface area contributed by atoms with Crippen molar-refractivity contribution in [3.05, 3.63) is 50.5 Å². The zero-order chi connectivity index (χ0) is 13.3. The van der Waals surface area contributed by atoms with Crippen LogP contribution in [0, 0.1) is 11.7 Å². The summed E-state index contributed by atoms with van der Waals surface area (Å²) in [5.74, 6) is -1.29. The van der Waals surface area contributed by atoms with Crippen LogP contribution in [0.15, 0.2) is 29.1 Å². The highest BCUT2D eigenvalue weighted by atomic mass is 32.1. The van der Waals surface area contributed by atoms with Gasteiger partial charge in [0.25, 0.3) is 5.56 Å². The van der Waals surface area contributed by atoms with E-state index >= 15 is 0 Å². The molecule has 0 saturated heterocycles. The van der Waals surface area contributed by atoms with Gasteiger partial charge in [-0.15, -0.1) is 0 Å². The number of benzene rings is 1. The first kappa shape index (κ1) is 12.3. The van der Waals surface area contributed by atoms with E-state index < -0.39 is 11.5 Å². The van der Waals surface area contributed by atoms with Crippen molar-refractivity contribution in [1.82, 2.24) is 9.97 Å². The fourth-order valence-electron chi connectivity index (χ4n) is 1.75. The Bertz CT molecular complexity index is 731. The Morgan fingerprint density at radius 1 is 1.28 bits per heavy atom. The number of carboxylic acids is 1. The van der Waals surface area contributed by atoms with Crippen LogP contribution in [0.1, 0.15) is 15.9 Å². The van der Waals surface area contributed by atoms with Crippen molar-refractivity contribution < 1.29 is 9.90 Å². The Hall–Kier alpha value is -2.21. The van der Waals surface area contributed by atoms with Crippen LogP contribution in [0.25, 0.3) is 11.3 Å². The van der Waals surface area contributed by atoms with Gasteiger partial charge in [0.05, 0.1) is 5.69 Å². The Morgan fingerprint density at radius 3 is 2.56 bits per heavy atom. The topological polar surface area (TPSA) is 86.0 Å². The summed E-state index contributed by atoms with van der Waals surface area (Å²) in [6, 6.07) is 7.17. The number of hydrogen-bond acceptors (Lipinski definition) is 3. The summed E-state index contributed by atoms with van der Waals surface area (Å²) in [6.45, 7) is 1.83. The van der Waals surface area contributed by atoms with Crippen molar-refractivity contribution in [3.63, 3.8) is 0 Å². The van der Waals surface area contributed by atoms with E-state index in [0.29, 0.717) is 5.56 Å². The standard InChI is InChI=1S/C12H10N2O3S/c1-6-4-2-3-5-7(6)9-8(11(16)17)10(15)14-12(18)13-9/h2-5H,1H3,(H,16,17)(H2,13,14,15,18). The quantitative estimate of drug-likeness (QED) is 0.723. The van der Waals surface area contributed by atoms with Gasteiger partial charge in [-0.25, -0.2) is 4.79 Å². The molecule has 0 spiro atoms. The molecule has 2 aromatic rings. The van der Waals surface area contributed by atoms with Gasteiger partial charge in [0.15, 0.2) is 4.77 Å². The molecule has 5 nitrogen and oxygen atoms in total. The van der Waals surface area contributed by atoms with Crippen LogP contribution in [0.5, 0.6) is 0 Å². The number of carbonyl (C=O) groups is 1. The molecule has 0 atom stereocenters. The summed E-state index contributed by atoms with van der Waals surface area (Å²) in [7, 11) is 0. The van der Waals surface area contributed by atoms with Crippen LogP contribution in [0.4, 0.5) is 0 Å². The van der Waals surface area contributed by atoms with Gasteiger partial charge < -0.3 is 10.1 Å². The molecule has 0 aliphatic rings. The molecule has 0 unspecified atom stereocenters. The van der Waals surface area contributed by atoms with Crippen LogP contribution < -0.4 is 5.56 Å². The molecule has 1 aromatic carbocycles. The SMILES string of the molecule is Cc1ccccc1-c1[nH]c(=S)[nH]c(=O)c1C(=O)O. The Labute approximate surface area is 107 Å². The maximum Gasteiger partial charge on any atom is 0.343 e. The Balaban J connectivity index is 2.87. The lowest BCUT2D eigenvalue weighted by Crippen LogP contribution is -2.20. The van der Waals surface area contributed by atoms with Crippen molar-refractivity contribution in [2.75, 3.05) is 0 Å². The van der Waals surface area contributed by atoms with E-state index in [2.05, 4.69) is 9.97 Å². The zero-order valence-electron chi connectivity index (χ0n) is 9.48. The molecule has 6 heteroatoms. The highest BCUT2D eigenvalue weighted by Crippen LogP contribution is 2.22. The lowest BCUT2D eigenvalue weighted by atomic mass is 10.0. The average molecular weight is 262 g/mol. The van der Waals surface area contributed by atoms with Crippen molar-refractivity contribution >= 4 is 18.2 Å². The van der Waals surface area contributed by atoms with E-state index in [9.17, 15) is 9.59 Å². The minimum Gasteiger partial charge on any atom is -0.477 e. The molecule has 0 radical (unpaired) electrons. The molecule has 0 bridgehead atoms. The summed E-state index contributed by atoms with van der Waals surface area (Å²) in [5, 5.41) is 9.12. The third-order valence-corrected chi connectivity index (χ3v) is 2.78. The molecule has 0 aliphatic heterocycles. The summed E-state index contributed by atoms with van der Waals surface area (Å²) >= 11 is 4.87. The van der Waals surface area contributed by atoms with Gasteiger partial charge in [0.1, 0.15) is 5.56 Å². The smallest absolute Gasteiger partial charge is 0.343 e. The fourth-order valence-corrected chi connectivity index (χ4v) is 1.94. The normalized spacial score (nSPS) is 10.3. The molecular weight excluding hydrogens is 252 g/mol. The molecule has 0 aliphatic carbocycles. The molecule has 1 aromatic heterocycles. The van der Waals surface area contributed by atoms with Crippen LogP contribution in [0.3, 0.4) is 0 Å². The number of hydrogen-bond donors (Lipinski definition) is 3. The van der Waals surface area contributed by atoms with Crippen molar-refractivity contribution in [1.29, 1.82) is 0 Å². The van der Waals surface area contributed by atoms with Gasteiger partial charge in [-0.2, -0.15) is 0 Å². The van der Waals surface area contributed by atoms with E-state index in [-0.39, 0.29) is 16.0 Å². The summed E-state index contributed by atoms with van der Waals surface area (Å²) in [5.41, 5.74) is 0.695. The Morgan fingerprint density at radius 2 is 1.94 bits per heavy atom. The number of aromatic nitrogens is 2. The van der Waals surface area contributed by atoms with Gasteiger partial charge >= 0.3 is 5.97 Å². The highest BCUT2D eigenvalue weighted by molar-refractivity contribution is 7.71. The first-order valence-corrected chi connectivity index (χ1v) is 5.57. The summed E-state index contributed by atoms with van der Waals surface area (Å²) in [6.07, 6.45) is 0. The van der Waals surface area contributed by atoms with E-state index in [0.717, 1.165) is 5.56 Å². The summed E-state index contributed by atoms with van der Waals surface area (Å²) in [4.78, 5) is 27.8. The van der Waals surface area contributed by atoms with Gasteiger partial charge in [0, 0.05) is 5.56 Å². The number of aromatic carboxylic acids is 1. The number of nitrogens with one attached hydrogen (secondary N) is 2. The first-order valence-electron chi connectivity index (χ1n) is 5.16. The predicted molar refractivity (Wildman–Crippen MR) is 69.4 cm³/mol. The molecule has 18 heavy (non-hydrogen) atoms. The minimum absolute atomic E-state index is 0.100. The van der Waals surface area contributed by atoms with Gasteiger partial charge in [-0.3, -0.25) is 9.78 Å². The van der Waals surface area contributed by atoms with Gasteiger partial charge in [-0.1, -0.05) is 24.3 Å². The lowest BCUT2D eigenvalue weighted by Gasteiger charge is -2.08. The average Bonchev–Trinajstić information content (AvgIpc) is 2.27. The largest absolute Gasteiger partial charge is 0.477 e. The van der Waals surface area contributed by atoms with Crippen molar-refractivity contribution in [2.45, 2.75) is 6.92 Å². The second kappa shape index (κ2) is 4.58. The van der Waals surface area contributed by atoms with Crippen molar-refractivity contribution in [3.8, 4) is 11.3 Å². The van der Waals surface area contributed by atoms with E-state index in [4.69, 9.17) is 17.3 Å². The maximum atomic E-state index is 11.7. The molecule has 0 fully saturated rings. The van der Waals surface area contributed by atoms with Crippen molar-refractivity contribution in [2.24, 2.45) is 0 Å². The third-order valence-electron chi connectivity index (χ3n) is 2.57. The van der Waals surface area contributed by atoms with Crippen LogP contribution in [-0.2, 0) is 0 Å². The number of aryl methyl sites for hydroxylation is 1. The number of carboxylic acid groups (broad SMARTS) is 1. The molecule has 2 rings (SSSR count). The summed E-state index contributed by atoms with van der Waals surface area (Å²) < 4.78 is 0.100. The van der Waals surface area contributed by atoms with Crippen LogP contribution in [0.2, 0.25) is 0 Å². The van der Waals surface area contributed by atoms with Gasteiger partial charge in [-0.05, 0) is 24.7 Å². The molecule has 3 N–H and O–H groups in total. The number of rotatable bonds is 2. The maximum absolute atomic E-state index is 11.7. The molecule has 0 amide bonds. The molecular formula is C12H10N2O3S. The van der Waals surface area contributed by atoms with Crippen LogP contribution >= 0.6 is 12.2 Å². The molecule has 0 saturated carbocycles. The highest BCUT2D eigenvalue weighted by Gasteiger charge is 2.18. The molecule has 1 heterocycles. The van der Waals surface area contributed by atoms with E-state index in [1.165, 1.54) is 0 Å². The lowest BCUT2D eigenvalue weighted by molar-refractivity contribution is 0.0695. The van der Waals surface area contributed by atoms with Crippen LogP contribution in [-0.4, -0.2) is 21.0 Å². The fraction of sp³-hybridized carbons (Fsp3) is 0.0833. The number of H-pyrrole nitrogens is 2. The first-order chi connectivity index (χ1) is 8.50. The Kier molecular flexibility index (Phi) is 3.12. The second-order valence-electron chi connectivity index (χ2n) is 3.78. The second-order valence-corrected chi connectivity index (χ2v) is 4.19. The van der Waals surface area contributed by atoms with Gasteiger partial charge in [0.2, 0.25) is 0 Å². The predicted octanol–water partition coefficient (Wildman–Crippen LogP) is 2.11. The monoisotopic (exact) mass is 262 g/mol. The minimum atomic E-state index is -1.29.